The van der Waals surface area contributed by atoms with Gasteiger partial charge in [0.05, 0.1) is 0 Å². The van der Waals surface area contributed by atoms with Gasteiger partial charge in [-0.1, -0.05) is 67.3 Å². The molecule has 1 aliphatic heterocycles. The van der Waals surface area contributed by atoms with Crippen LogP contribution in [-0.4, -0.2) is 34.5 Å². The fourth-order valence-corrected chi connectivity index (χ4v) is 5.73. The first-order chi connectivity index (χ1) is 16.2. The summed E-state index contributed by atoms with van der Waals surface area (Å²) in [5, 5.41) is 4.66. The molecule has 0 spiro atoms. The number of nitrogens with zero attached hydrogens (tertiary/aromatic N) is 2. The zero-order valence-corrected chi connectivity index (χ0v) is 19.9. The van der Waals surface area contributed by atoms with E-state index in [0.717, 1.165) is 51.9 Å². The van der Waals surface area contributed by atoms with Crippen molar-refractivity contribution in [1.29, 1.82) is 0 Å². The van der Waals surface area contributed by atoms with Crippen molar-refractivity contribution in [2.45, 2.75) is 71.0 Å². The summed E-state index contributed by atoms with van der Waals surface area (Å²) < 4.78 is 2.48. The van der Waals surface area contributed by atoms with E-state index >= 15 is 0 Å². The minimum atomic E-state index is 0.182. The maximum absolute atomic E-state index is 12.8. The number of hydrogen-bond donors (Lipinski definition) is 1. The van der Waals surface area contributed by atoms with Crippen LogP contribution in [0.15, 0.2) is 54.6 Å². The standard InChI is InChI=1S/C29H37N3O/c1-22-8-7-9-23(18-22)20-32-27(19-25-10-5-6-13-28(25)32)21-31-16-14-24(15-17-31)29(33)30-26-11-3-2-4-12-26/h5-10,13,18-19,24,26H,2-4,11-12,14-17,20-21H2,1H3,(H,30,33). The van der Waals surface area contributed by atoms with E-state index in [9.17, 15) is 4.79 Å². The highest BCUT2D eigenvalue weighted by molar-refractivity contribution is 5.81. The van der Waals surface area contributed by atoms with Crippen molar-refractivity contribution in [3.05, 3.63) is 71.4 Å². The van der Waals surface area contributed by atoms with E-state index in [0.29, 0.717) is 11.9 Å². The number of para-hydroxylation sites is 1. The van der Waals surface area contributed by atoms with Gasteiger partial charge in [0.2, 0.25) is 5.91 Å². The van der Waals surface area contributed by atoms with Gasteiger partial charge in [0, 0.05) is 36.3 Å². The molecule has 2 fully saturated rings. The Hall–Kier alpha value is -2.59. The minimum Gasteiger partial charge on any atom is -0.353 e. The molecule has 1 saturated heterocycles. The fraction of sp³-hybridized carbons (Fsp3) is 0.483. The van der Waals surface area contributed by atoms with Crippen LogP contribution in [0.2, 0.25) is 0 Å². The Bertz CT molecular complexity index is 1090. The monoisotopic (exact) mass is 443 g/mol. The van der Waals surface area contributed by atoms with Gasteiger partial charge < -0.3 is 9.88 Å². The summed E-state index contributed by atoms with van der Waals surface area (Å²) in [6.45, 7) is 5.98. The van der Waals surface area contributed by atoms with Gasteiger partial charge in [-0.05, 0) is 68.8 Å². The molecule has 0 unspecified atom stereocenters. The molecule has 1 N–H and O–H groups in total. The van der Waals surface area contributed by atoms with Crippen molar-refractivity contribution >= 4 is 16.8 Å². The first-order valence-electron chi connectivity index (χ1n) is 12.8. The molecule has 4 heteroatoms. The van der Waals surface area contributed by atoms with Gasteiger partial charge in [-0.2, -0.15) is 0 Å². The van der Waals surface area contributed by atoms with Crippen LogP contribution in [0.3, 0.4) is 0 Å². The van der Waals surface area contributed by atoms with E-state index < -0.39 is 0 Å². The molecule has 0 atom stereocenters. The maximum Gasteiger partial charge on any atom is 0.223 e. The molecular formula is C29H37N3O. The van der Waals surface area contributed by atoms with Crippen LogP contribution in [0, 0.1) is 12.8 Å². The Labute approximate surface area is 198 Å². The first kappa shape index (κ1) is 22.2. The lowest BCUT2D eigenvalue weighted by Gasteiger charge is -2.33. The highest BCUT2D eigenvalue weighted by Gasteiger charge is 2.27. The Morgan fingerprint density at radius 2 is 1.70 bits per heavy atom. The van der Waals surface area contributed by atoms with Crippen LogP contribution in [0.4, 0.5) is 0 Å². The third kappa shape index (κ3) is 5.33. The van der Waals surface area contributed by atoms with Gasteiger partial charge >= 0.3 is 0 Å². The molecule has 0 bridgehead atoms. The predicted molar refractivity (Wildman–Crippen MR) is 135 cm³/mol. The SMILES string of the molecule is Cc1cccc(Cn2c(CN3CCC(C(=O)NC4CCCCC4)CC3)cc3ccccc32)c1. The number of aromatic nitrogens is 1. The van der Waals surface area contributed by atoms with Crippen molar-refractivity contribution in [3.8, 4) is 0 Å². The van der Waals surface area contributed by atoms with Crippen LogP contribution in [0.1, 0.15) is 61.8 Å². The molecule has 1 amide bonds. The van der Waals surface area contributed by atoms with Crippen molar-refractivity contribution in [2.75, 3.05) is 13.1 Å². The molecule has 2 aromatic carbocycles. The molecule has 33 heavy (non-hydrogen) atoms. The van der Waals surface area contributed by atoms with E-state index in [-0.39, 0.29) is 5.92 Å². The third-order valence-electron chi connectivity index (χ3n) is 7.62. The number of rotatable bonds is 6. The van der Waals surface area contributed by atoms with E-state index in [2.05, 4.69) is 76.3 Å². The van der Waals surface area contributed by atoms with Gasteiger partial charge in [-0.25, -0.2) is 0 Å². The summed E-state index contributed by atoms with van der Waals surface area (Å²) in [6, 6.07) is 20.3. The number of benzene rings is 2. The smallest absolute Gasteiger partial charge is 0.223 e. The Morgan fingerprint density at radius 3 is 2.48 bits per heavy atom. The second-order valence-corrected chi connectivity index (χ2v) is 10.2. The predicted octanol–water partition coefficient (Wildman–Crippen LogP) is 5.66. The highest BCUT2D eigenvalue weighted by Crippen LogP contribution is 2.26. The van der Waals surface area contributed by atoms with Crippen molar-refractivity contribution < 1.29 is 4.79 Å². The number of carbonyl (C=O) groups is 1. The summed E-state index contributed by atoms with van der Waals surface area (Å²) in [4.78, 5) is 15.3. The molecular weight excluding hydrogens is 406 g/mol. The molecule has 3 aromatic rings. The van der Waals surface area contributed by atoms with Gasteiger partial charge in [0.15, 0.2) is 0 Å². The fourth-order valence-electron chi connectivity index (χ4n) is 5.73. The molecule has 0 radical (unpaired) electrons. The van der Waals surface area contributed by atoms with Crippen LogP contribution < -0.4 is 5.32 Å². The summed E-state index contributed by atoms with van der Waals surface area (Å²) in [5.41, 5.74) is 5.31. The zero-order valence-electron chi connectivity index (χ0n) is 19.9. The normalized spacial score (nSPS) is 18.6. The third-order valence-corrected chi connectivity index (χ3v) is 7.62. The van der Waals surface area contributed by atoms with Crippen molar-refractivity contribution in [2.24, 2.45) is 5.92 Å². The lowest BCUT2D eigenvalue weighted by atomic mass is 9.92. The van der Waals surface area contributed by atoms with Gasteiger partial charge in [-0.15, -0.1) is 0 Å². The number of piperidine rings is 1. The van der Waals surface area contributed by atoms with Gasteiger partial charge in [0.1, 0.15) is 0 Å². The maximum atomic E-state index is 12.8. The largest absolute Gasteiger partial charge is 0.353 e. The number of aryl methyl sites for hydroxylation is 1. The summed E-state index contributed by atoms with van der Waals surface area (Å²) in [7, 11) is 0. The Morgan fingerprint density at radius 1 is 0.909 bits per heavy atom. The Kier molecular flexibility index (Phi) is 6.82. The van der Waals surface area contributed by atoms with Crippen LogP contribution >= 0.6 is 0 Å². The van der Waals surface area contributed by atoms with E-state index in [1.807, 2.05) is 0 Å². The summed E-state index contributed by atoms with van der Waals surface area (Å²) in [6.07, 6.45) is 8.12. The zero-order chi connectivity index (χ0) is 22.6. The average molecular weight is 444 g/mol. The van der Waals surface area contributed by atoms with Gasteiger partial charge in [0.25, 0.3) is 0 Å². The van der Waals surface area contributed by atoms with Crippen molar-refractivity contribution in [3.63, 3.8) is 0 Å². The first-order valence-corrected chi connectivity index (χ1v) is 12.8. The number of likely N-dealkylation sites (tertiary alicyclic amines) is 1. The molecule has 1 aliphatic carbocycles. The second-order valence-electron chi connectivity index (χ2n) is 10.2. The summed E-state index contributed by atoms with van der Waals surface area (Å²) >= 11 is 0. The highest BCUT2D eigenvalue weighted by atomic mass is 16.1. The van der Waals surface area contributed by atoms with Crippen LogP contribution in [0.5, 0.6) is 0 Å². The molecule has 2 heterocycles. The molecule has 5 rings (SSSR count). The molecule has 2 aliphatic rings. The number of nitrogens with one attached hydrogen (secondary N) is 1. The second kappa shape index (κ2) is 10.1. The number of carbonyl (C=O) groups excluding carboxylic acids is 1. The lowest BCUT2D eigenvalue weighted by Crippen LogP contribution is -2.44. The van der Waals surface area contributed by atoms with Gasteiger partial charge in [-0.3, -0.25) is 9.69 Å². The molecule has 1 aromatic heterocycles. The molecule has 4 nitrogen and oxygen atoms in total. The van der Waals surface area contributed by atoms with E-state index in [1.165, 1.54) is 47.0 Å². The quantitative estimate of drug-likeness (QED) is 0.534. The van der Waals surface area contributed by atoms with Crippen molar-refractivity contribution in [1.82, 2.24) is 14.8 Å². The number of amides is 1. The average Bonchev–Trinajstić information content (AvgIpc) is 3.17. The number of fused-ring (bicyclic) bond motifs is 1. The van der Waals surface area contributed by atoms with Crippen LogP contribution in [-0.2, 0) is 17.9 Å². The molecule has 1 saturated carbocycles. The topological polar surface area (TPSA) is 37.3 Å². The number of hydrogen-bond acceptors (Lipinski definition) is 2. The van der Waals surface area contributed by atoms with E-state index in [4.69, 9.17) is 0 Å². The van der Waals surface area contributed by atoms with Crippen LogP contribution in [0.25, 0.3) is 10.9 Å². The summed E-state index contributed by atoms with van der Waals surface area (Å²) in [5.74, 6) is 0.483. The van der Waals surface area contributed by atoms with E-state index in [1.54, 1.807) is 0 Å². The minimum absolute atomic E-state index is 0.182. The Balaban J connectivity index is 1.24. The lowest BCUT2D eigenvalue weighted by molar-refractivity contribution is -0.127. The molecule has 174 valence electrons.